The van der Waals surface area contributed by atoms with Crippen LogP contribution in [0.25, 0.3) is 0 Å². The highest BCUT2D eigenvalue weighted by Gasteiger charge is 2.39. The molecule has 1 N–H and O–H groups in total. The molecule has 2 amide bonds. The highest BCUT2D eigenvalue weighted by molar-refractivity contribution is 6.11. The summed E-state index contributed by atoms with van der Waals surface area (Å²) in [5.74, 6) is -0.506. The number of pyridine rings is 1. The van der Waals surface area contributed by atoms with Crippen molar-refractivity contribution >= 4 is 17.5 Å². The average molecular weight is 339 g/mol. The molecule has 0 radical (unpaired) electrons. The van der Waals surface area contributed by atoms with Gasteiger partial charge in [-0.25, -0.2) is 0 Å². The lowest BCUT2D eigenvalue weighted by atomic mass is 9.89. The Labute approximate surface area is 149 Å². The summed E-state index contributed by atoms with van der Waals surface area (Å²) in [6.07, 6.45) is 3.35. The Morgan fingerprint density at radius 2 is 1.84 bits per heavy atom. The van der Waals surface area contributed by atoms with E-state index in [1.54, 1.807) is 31.1 Å². The fourth-order valence-electron chi connectivity index (χ4n) is 2.58. The molecule has 2 rings (SSSR count). The number of anilines is 1. The molecule has 0 spiro atoms. The second-order valence-electron chi connectivity index (χ2n) is 6.55. The molecule has 5 heteroatoms. The first-order valence-electron chi connectivity index (χ1n) is 8.42. The second kappa shape index (κ2) is 7.92. The maximum Gasteiger partial charge on any atom is 0.242 e. The van der Waals surface area contributed by atoms with Crippen LogP contribution in [0.1, 0.15) is 31.9 Å². The van der Waals surface area contributed by atoms with E-state index in [2.05, 4.69) is 10.3 Å². The van der Waals surface area contributed by atoms with E-state index in [0.717, 1.165) is 16.8 Å². The molecule has 132 valence electrons. The predicted octanol–water partition coefficient (Wildman–Crippen LogP) is 3.09. The average Bonchev–Trinajstić information content (AvgIpc) is 2.61. The van der Waals surface area contributed by atoms with Crippen LogP contribution in [0.4, 0.5) is 5.69 Å². The molecule has 0 fully saturated rings. The van der Waals surface area contributed by atoms with Crippen molar-refractivity contribution in [3.63, 3.8) is 0 Å². The fraction of sp³-hybridized carbons (Fsp3) is 0.350. The van der Waals surface area contributed by atoms with Crippen LogP contribution in [0.5, 0.6) is 0 Å². The second-order valence-corrected chi connectivity index (χ2v) is 6.55. The van der Waals surface area contributed by atoms with Gasteiger partial charge in [-0.2, -0.15) is 0 Å². The fourth-order valence-corrected chi connectivity index (χ4v) is 2.58. The molecule has 1 aromatic carbocycles. The molecule has 25 heavy (non-hydrogen) atoms. The lowest BCUT2D eigenvalue weighted by Crippen LogP contribution is -2.49. The SMILES string of the molecule is CCN(C(=O)C(C)(C)C(=O)NCc1ccncc1)c1cccc(C)c1. The van der Waals surface area contributed by atoms with Crippen molar-refractivity contribution in [1.82, 2.24) is 10.3 Å². The maximum absolute atomic E-state index is 13.0. The lowest BCUT2D eigenvalue weighted by Gasteiger charge is -2.30. The first kappa shape index (κ1) is 18.6. The van der Waals surface area contributed by atoms with Gasteiger partial charge in [0.2, 0.25) is 11.8 Å². The van der Waals surface area contributed by atoms with Gasteiger partial charge in [0.15, 0.2) is 0 Å². The number of aryl methyl sites for hydroxylation is 1. The third-order valence-electron chi connectivity index (χ3n) is 4.18. The van der Waals surface area contributed by atoms with E-state index < -0.39 is 5.41 Å². The number of nitrogens with zero attached hydrogens (tertiary/aromatic N) is 2. The zero-order valence-corrected chi connectivity index (χ0v) is 15.2. The van der Waals surface area contributed by atoms with E-state index in [0.29, 0.717) is 13.1 Å². The molecule has 5 nitrogen and oxygen atoms in total. The van der Waals surface area contributed by atoms with Gasteiger partial charge in [-0.05, 0) is 63.1 Å². The Balaban J connectivity index is 2.12. The number of amides is 2. The van der Waals surface area contributed by atoms with Crippen molar-refractivity contribution in [1.29, 1.82) is 0 Å². The third kappa shape index (κ3) is 4.44. The smallest absolute Gasteiger partial charge is 0.242 e. The maximum atomic E-state index is 13.0. The summed E-state index contributed by atoms with van der Waals surface area (Å²) in [4.78, 5) is 31.2. The van der Waals surface area contributed by atoms with Crippen molar-refractivity contribution in [2.75, 3.05) is 11.4 Å². The lowest BCUT2D eigenvalue weighted by molar-refractivity contribution is -0.139. The van der Waals surface area contributed by atoms with Crippen LogP contribution in [-0.4, -0.2) is 23.3 Å². The Morgan fingerprint density at radius 1 is 1.16 bits per heavy atom. The molecule has 0 saturated heterocycles. The summed E-state index contributed by atoms with van der Waals surface area (Å²) in [6.45, 7) is 8.09. The van der Waals surface area contributed by atoms with E-state index in [1.165, 1.54) is 0 Å². The van der Waals surface area contributed by atoms with Gasteiger partial charge in [0.05, 0.1) is 0 Å². The van der Waals surface area contributed by atoms with Crippen LogP contribution < -0.4 is 10.2 Å². The molecular formula is C20H25N3O2. The van der Waals surface area contributed by atoms with Gasteiger partial charge in [0, 0.05) is 31.2 Å². The zero-order chi connectivity index (χ0) is 18.4. The van der Waals surface area contributed by atoms with Crippen molar-refractivity contribution in [3.8, 4) is 0 Å². The van der Waals surface area contributed by atoms with Gasteiger partial charge in [-0.3, -0.25) is 14.6 Å². The summed E-state index contributed by atoms with van der Waals surface area (Å²) < 4.78 is 0. The number of aromatic nitrogens is 1. The van der Waals surface area contributed by atoms with Gasteiger partial charge in [0.25, 0.3) is 0 Å². The van der Waals surface area contributed by atoms with Crippen molar-refractivity contribution < 1.29 is 9.59 Å². The molecule has 0 unspecified atom stereocenters. The van der Waals surface area contributed by atoms with E-state index in [-0.39, 0.29) is 11.8 Å². The van der Waals surface area contributed by atoms with Gasteiger partial charge in [0.1, 0.15) is 5.41 Å². The summed E-state index contributed by atoms with van der Waals surface area (Å²) >= 11 is 0. The number of carbonyl (C=O) groups excluding carboxylic acids is 2. The Morgan fingerprint density at radius 3 is 2.44 bits per heavy atom. The number of carbonyl (C=O) groups is 2. The van der Waals surface area contributed by atoms with Crippen molar-refractivity contribution in [2.45, 2.75) is 34.2 Å². The van der Waals surface area contributed by atoms with Crippen LogP contribution in [-0.2, 0) is 16.1 Å². The normalized spacial score (nSPS) is 11.0. The number of hydrogen-bond donors (Lipinski definition) is 1. The number of hydrogen-bond acceptors (Lipinski definition) is 3. The molecular weight excluding hydrogens is 314 g/mol. The van der Waals surface area contributed by atoms with E-state index in [4.69, 9.17) is 0 Å². The topological polar surface area (TPSA) is 62.3 Å². The Hall–Kier alpha value is -2.69. The monoisotopic (exact) mass is 339 g/mol. The summed E-state index contributed by atoms with van der Waals surface area (Å²) in [5.41, 5.74) is 1.66. The van der Waals surface area contributed by atoms with Crippen LogP contribution in [0.2, 0.25) is 0 Å². The third-order valence-corrected chi connectivity index (χ3v) is 4.18. The highest BCUT2D eigenvalue weighted by Crippen LogP contribution is 2.25. The summed E-state index contributed by atoms with van der Waals surface area (Å²) in [5, 5.41) is 2.85. The van der Waals surface area contributed by atoms with Crippen LogP contribution in [0.3, 0.4) is 0 Å². The number of benzene rings is 1. The first-order chi connectivity index (χ1) is 11.9. The standard InChI is InChI=1S/C20H25N3O2/c1-5-23(17-8-6-7-15(2)13-17)19(25)20(3,4)18(24)22-14-16-9-11-21-12-10-16/h6-13H,5,14H2,1-4H3,(H,22,24). The van der Waals surface area contributed by atoms with Crippen molar-refractivity contribution in [3.05, 3.63) is 59.9 Å². The molecule has 0 bridgehead atoms. The molecule has 0 aliphatic rings. The zero-order valence-electron chi connectivity index (χ0n) is 15.2. The van der Waals surface area contributed by atoms with Gasteiger partial charge >= 0.3 is 0 Å². The Bertz CT molecular complexity index is 742. The van der Waals surface area contributed by atoms with E-state index >= 15 is 0 Å². The van der Waals surface area contributed by atoms with Crippen LogP contribution in [0.15, 0.2) is 48.8 Å². The van der Waals surface area contributed by atoms with Gasteiger partial charge in [-0.1, -0.05) is 12.1 Å². The van der Waals surface area contributed by atoms with Crippen LogP contribution in [0, 0.1) is 12.3 Å². The molecule has 1 heterocycles. The van der Waals surface area contributed by atoms with E-state index in [9.17, 15) is 9.59 Å². The van der Waals surface area contributed by atoms with E-state index in [1.807, 2.05) is 50.2 Å². The van der Waals surface area contributed by atoms with Gasteiger partial charge < -0.3 is 10.2 Å². The molecule has 0 atom stereocenters. The summed E-state index contributed by atoms with van der Waals surface area (Å²) in [7, 11) is 0. The first-order valence-corrected chi connectivity index (χ1v) is 8.42. The Kier molecular flexibility index (Phi) is 5.91. The molecule has 0 saturated carbocycles. The molecule has 1 aromatic heterocycles. The number of nitrogens with one attached hydrogen (secondary N) is 1. The molecule has 2 aromatic rings. The minimum atomic E-state index is -1.16. The number of rotatable bonds is 6. The van der Waals surface area contributed by atoms with Crippen molar-refractivity contribution in [2.24, 2.45) is 5.41 Å². The minimum absolute atomic E-state index is 0.215. The molecule has 0 aliphatic heterocycles. The molecule has 0 aliphatic carbocycles. The quantitative estimate of drug-likeness (QED) is 0.823. The largest absolute Gasteiger partial charge is 0.351 e. The highest BCUT2D eigenvalue weighted by atomic mass is 16.2. The van der Waals surface area contributed by atoms with Gasteiger partial charge in [-0.15, -0.1) is 0 Å². The minimum Gasteiger partial charge on any atom is -0.351 e. The predicted molar refractivity (Wildman–Crippen MR) is 99.1 cm³/mol. The summed E-state index contributed by atoms with van der Waals surface area (Å²) in [6, 6.07) is 11.4. The van der Waals surface area contributed by atoms with Crippen LogP contribution >= 0.6 is 0 Å².